The Labute approximate surface area is 185 Å². The fraction of sp³-hybridized carbons (Fsp3) is 0.522. The second-order valence-electron chi connectivity index (χ2n) is 8.64. The van der Waals surface area contributed by atoms with Gasteiger partial charge in [0.1, 0.15) is 12.0 Å². The molecule has 1 aliphatic carbocycles. The fourth-order valence-electron chi connectivity index (χ4n) is 4.44. The summed E-state index contributed by atoms with van der Waals surface area (Å²) >= 11 is 0. The van der Waals surface area contributed by atoms with E-state index in [0.29, 0.717) is 17.2 Å². The van der Waals surface area contributed by atoms with Crippen LogP contribution in [0.1, 0.15) is 57.1 Å². The van der Waals surface area contributed by atoms with Gasteiger partial charge in [0.15, 0.2) is 5.82 Å². The van der Waals surface area contributed by atoms with Crippen LogP contribution in [0.3, 0.4) is 0 Å². The maximum atomic E-state index is 14.0. The number of nitrogens with one attached hydrogen (secondary N) is 1. The molecule has 1 saturated carbocycles. The highest BCUT2D eigenvalue weighted by molar-refractivity contribution is 5.96. The number of hydrogen-bond acceptors (Lipinski definition) is 6. The van der Waals surface area contributed by atoms with Crippen LogP contribution < -0.4 is 5.32 Å². The Morgan fingerprint density at radius 3 is 2.75 bits per heavy atom. The number of aliphatic hydroxyl groups excluding tert-OH is 1. The van der Waals surface area contributed by atoms with E-state index < -0.39 is 18.0 Å². The maximum Gasteiger partial charge on any atom is 0.303 e. The molecule has 1 fully saturated rings. The van der Waals surface area contributed by atoms with Crippen LogP contribution in [-0.2, 0) is 10.7 Å². The highest BCUT2D eigenvalue weighted by Gasteiger charge is 2.30. The van der Waals surface area contributed by atoms with Crippen LogP contribution in [0, 0.1) is 6.92 Å². The summed E-state index contributed by atoms with van der Waals surface area (Å²) < 4.78 is 35.8. The van der Waals surface area contributed by atoms with Gasteiger partial charge in [-0.3, -0.25) is 0 Å². The lowest BCUT2D eigenvalue weighted by molar-refractivity contribution is 0.00763. The molecule has 0 amide bonds. The number of fused-ring (bicyclic) bond motifs is 1. The number of anilines is 1. The Morgan fingerprint density at radius 1 is 1.28 bits per heavy atom. The van der Waals surface area contributed by atoms with Gasteiger partial charge in [-0.05, 0) is 51.7 Å². The molecule has 3 aromatic rings. The molecule has 3 atom stereocenters. The molecule has 1 aliphatic rings. The monoisotopic (exact) mass is 445 g/mol. The Balaban J connectivity index is 1.88. The second kappa shape index (κ2) is 8.71. The fourth-order valence-corrected chi connectivity index (χ4v) is 4.44. The minimum absolute atomic E-state index is 0.186. The number of nitrogens with zero attached hydrogens (tertiary/aromatic N) is 4. The average molecular weight is 446 g/mol. The molecule has 3 aromatic heterocycles. The largest absolute Gasteiger partial charge is 0.381 e. The van der Waals surface area contributed by atoms with E-state index in [9.17, 15) is 13.9 Å². The Morgan fingerprint density at radius 2 is 2.06 bits per heavy atom. The lowest BCUT2D eigenvalue weighted by atomic mass is 9.92. The predicted molar refractivity (Wildman–Crippen MR) is 119 cm³/mol. The first-order valence-corrected chi connectivity index (χ1v) is 10.9. The van der Waals surface area contributed by atoms with Crippen molar-refractivity contribution in [1.82, 2.24) is 19.5 Å². The van der Waals surface area contributed by atoms with E-state index in [1.165, 1.54) is 0 Å². The van der Waals surface area contributed by atoms with Crippen molar-refractivity contribution >= 4 is 16.7 Å². The number of halogens is 2. The topological polar surface area (TPSA) is 85.1 Å². The minimum Gasteiger partial charge on any atom is -0.381 e. The molecular weight excluding hydrogens is 416 g/mol. The summed E-state index contributed by atoms with van der Waals surface area (Å²) in [5.41, 5.74) is 2.53. The summed E-state index contributed by atoms with van der Waals surface area (Å²) in [6.07, 6.45) is 7.07. The van der Waals surface area contributed by atoms with Crippen molar-refractivity contribution in [3.8, 4) is 11.3 Å². The molecule has 2 N–H and O–H groups in total. The minimum atomic E-state index is -3.14. The summed E-state index contributed by atoms with van der Waals surface area (Å²) in [5, 5.41) is 13.4. The second-order valence-corrected chi connectivity index (χ2v) is 8.64. The molecule has 0 radical (unpaired) electrons. The van der Waals surface area contributed by atoms with Crippen molar-refractivity contribution < 1.29 is 18.6 Å². The lowest BCUT2D eigenvalue weighted by Crippen LogP contribution is -2.23. The molecule has 9 heteroatoms. The van der Waals surface area contributed by atoms with Crippen molar-refractivity contribution in [2.45, 2.75) is 70.8 Å². The zero-order valence-electron chi connectivity index (χ0n) is 18.8. The molecular formula is C23H29F2N5O2. The zero-order chi connectivity index (χ0) is 23.0. The number of hydrogen-bond donors (Lipinski definition) is 2. The first-order chi connectivity index (χ1) is 15.2. The molecule has 3 heterocycles. The summed E-state index contributed by atoms with van der Waals surface area (Å²) in [7, 11) is 1.73. The van der Waals surface area contributed by atoms with Crippen molar-refractivity contribution in [1.29, 1.82) is 0 Å². The van der Waals surface area contributed by atoms with E-state index in [4.69, 9.17) is 4.74 Å². The number of alkyl halides is 2. The number of methoxy groups -OCH3 is 1. The number of pyridine rings is 1. The maximum absolute atomic E-state index is 14.0. The molecule has 0 aromatic carbocycles. The van der Waals surface area contributed by atoms with Gasteiger partial charge in [0, 0.05) is 42.9 Å². The third-order valence-electron chi connectivity index (χ3n) is 5.92. The van der Waals surface area contributed by atoms with Gasteiger partial charge in [0.05, 0.1) is 23.5 Å². The number of aliphatic hydroxyl groups is 1. The highest BCUT2D eigenvalue weighted by Crippen LogP contribution is 2.38. The predicted octanol–water partition coefficient (Wildman–Crippen LogP) is 4.79. The Kier molecular flexibility index (Phi) is 6.13. The van der Waals surface area contributed by atoms with Gasteiger partial charge in [-0.15, -0.1) is 0 Å². The van der Waals surface area contributed by atoms with Gasteiger partial charge in [-0.25, -0.2) is 15.0 Å². The highest BCUT2D eigenvalue weighted by atomic mass is 19.3. The molecule has 7 nitrogen and oxygen atoms in total. The smallest absolute Gasteiger partial charge is 0.303 e. The Hall–Kier alpha value is -2.65. The van der Waals surface area contributed by atoms with E-state index in [0.717, 1.165) is 49.1 Å². The van der Waals surface area contributed by atoms with Gasteiger partial charge < -0.3 is 19.7 Å². The summed E-state index contributed by atoms with van der Waals surface area (Å²) in [5.74, 6) is -3.15. The molecule has 0 bridgehead atoms. The van der Waals surface area contributed by atoms with Crippen LogP contribution in [0.2, 0.25) is 0 Å². The van der Waals surface area contributed by atoms with E-state index in [1.54, 1.807) is 33.2 Å². The summed E-state index contributed by atoms with van der Waals surface area (Å²) in [6.45, 7) is 4.09. The van der Waals surface area contributed by atoms with Gasteiger partial charge in [0.25, 0.3) is 0 Å². The van der Waals surface area contributed by atoms with Crippen LogP contribution >= 0.6 is 0 Å². The first kappa shape index (κ1) is 22.5. The third-order valence-corrected chi connectivity index (χ3v) is 5.92. The molecule has 3 unspecified atom stereocenters. The third kappa shape index (κ3) is 4.59. The van der Waals surface area contributed by atoms with Crippen molar-refractivity contribution in [2.24, 2.45) is 0 Å². The van der Waals surface area contributed by atoms with Gasteiger partial charge in [-0.2, -0.15) is 8.78 Å². The molecule has 32 heavy (non-hydrogen) atoms. The zero-order valence-corrected chi connectivity index (χ0v) is 18.8. The van der Waals surface area contributed by atoms with Gasteiger partial charge in [-0.1, -0.05) is 0 Å². The molecule has 0 aliphatic heterocycles. The van der Waals surface area contributed by atoms with Crippen LogP contribution in [0.25, 0.3) is 22.2 Å². The van der Waals surface area contributed by atoms with E-state index in [1.807, 2.05) is 12.3 Å². The van der Waals surface area contributed by atoms with Crippen LogP contribution in [0.5, 0.6) is 0 Å². The van der Waals surface area contributed by atoms with E-state index in [2.05, 4.69) is 24.8 Å². The molecule has 4 rings (SSSR count). The summed E-state index contributed by atoms with van der Waals surface area (Å²) in [4.78, 5) is 12.6. The van der Waals surface area contributed by atoms with E-state index in [-0.39, 0.29) is 12.1 Å². The SMILES string of the molecule is COC1CCCC(n2cc(-c3cc(C)nc(C(C)(F)F)n3)c3cc(NC(C)O)ncc32)C1. The Bertz CT molecular complexity index is 1110. The van der Waals surface area contributed by atoms with Crippen LogP contribution in [0.15, 0.2) is 24.5 Å². The summed E-state index contributed by atoms with van der Waals surface area (Å²) in [6, 6.07) is 3.75. The lowest BCUT2D eigenvalue weighted by Gasteiger charge is -2.29. The van der Waals surface area contributed by atoms with Gasteiger partial charge >= 0.3 is 5.92 Å². The average Bonchev–Trinajstić information content (AvgIpc) is 3.11. The number of ether oxygens (including phenoxy) is 1. The number of aryl methyl sites for hydroxylation is 1. The first-order valence-electron chi connectivity index (χ1n) is 10.9. The van der Waals surface area contributed by atoms with Crippen LogP contribution in [-0.4, -0.2) is 44.1 Å². The normalized spacial score (nSPS) is 20.5. The van der Waals surface area contributed by atoms with Crippen molar-refractivity contribution in [3.63, 3.8) is 0 Å². The number of aromatic nitrogens is 4. The standard InChI is InChI=1S/C23H29F2N5O2/c1-13-8-19(29-22(27-13)23(3,24)25)18-12-30(15-6-5-7-16(9-15)32-4)20-11-26-21(10-17(18)20)28-14(2)31/h8,10-12,14-16,31H,5-7,9H2,1-4H3,(H,26,28). The van der Waals surface area contributed by atoms with Crippen LogP contribution in [0.4, 0.5) is 14.6 Å². The molecule has 0 spiro atoms. The molecule has 172 valence electrons. The van der Waals surface area contributed by atoms with Gasteiger partial charge in [0.2, 0.25) is 0 Å². The van der Waals surface area contributed by atoms with Crippen molar-refractivity contribution in [3.05, 3.63) is 36.0 Å². The number of rotatable bonds is 6. The molecule has 0 saturated heterocycles. The van der Waals surface area contributed by atoms with E-state index >= 15 is 0 Å². The van der Waals surface area contributed by atoms with Crippen molar-refractivity contribution in [2.75, 3.05) is 12.4 Å². The quantitative estimate of drug-likeness (QED) is 0.531.